The lowest BCUT2D eigenvalue weighted by Gasteiger charge is -2.34. The maximum Gasteiger partial charge on any atom is 0.316 e. The molecule has 1 aromatic heterocycles. The van der Waals surface area contributed by atoms with Crippen LogP contribution in [0.3, 0.4) is 0 Å². The number of aromatic nitrogens is 2. The third kappa shape index (κ3) is 4.89. The van der Waals surface area contributed by atoms with Crippen molar-refractivity contribution in [3.05, 3.63) is 46.9 Å². The highest BCUT2D eigenvalue weighted by atomic mass is 16.7. The summed E-state index contributed by atoms with van der Waals surface area (Å²) < 4.78 is 12.4. The third-order valence-electron chi connectivity index (χ3n) is 4.74. The van der Waals surface area contributed by atoms with Crippen LogP contribution in [0.5, 0.6) is 5.75 Å². The molecule has 0 atom stereocenters. The van der Waals surface area contributed by atoms with E-state index in [9.17, 15) is 4.79 Å². The second-order valence-electron chi connectivity index (χ2n) is 6.56. The summed E-state index contributed by atoms with van der Waals surface area (Å²) in [6.45, 7) is 4.13. The molecule has 0 unspecified atom stereocenters. The molecule has 0 amide bonds. The predicted molar refractivity (Wildman–Crippen MR) is 107 cm³/mol. The number of hydrogen-bond acceptors (Lipinski definition) is 7. The first kappa shape index (κ1) is 20.3. The average Bonchev–Trinajstić information content (AvgIpc) is 2.75. The van der Waals surface area contributed by atoms with E-state index in [4.69, 9.17) is 14.3 Å². The van der Waals surface area contributed by atoms with Gasteiger partial charge in [-0.15, -0.1) is 0 Å². The summed E-state index contributed by atoms with van der Waals surface area (Å²) in [4.78, 5) is 20.6. The molecule has 0 aliphatic carbocycles. The van der Waals surface area contributed by atoms with Gasteiger partial charge in [-0.3, -0.25) is 4.79 Å². The van der Waals surface area contributed by atoms with Gasteiger partial charge in [0.15, 0.2) is 0 Å². The summed E-state index contributed by atoms with van der Waals surface area (Å²) in [6.07, 6.45) is 3.43. The van der Waals surface area contributed by atoms with Gasteiger partial charge in [-0.1, -0.05) is 18.2 Å². The van der Waals surface area contributed by atoms with E-state index in [2.05, 4.69) is 10.00 Å². The molecule has 1 aliphatic rings. The third-order valence-corrected chi connectivity index (χ3v) is 4.74. The topological polar surface area (TPSA) is 69.1 Å². The standard InChI is InChI=1S/C20H28N4O4/c1-26-14-6-7-15-28-19-18(22-10-12-23(27-2)13-11-22)16-21-24(20(19)25)17-8-4-3-5-9-17/h3-5,8-9,16H,6-7,10-15H2,1-2H3. The van der Waals surface area contributed by atoms with Gasteiger partial charge in [0.2, 0.25) is 5.75 Å². The highest BCUT2D eigenvalue weighted by Gasteiger charge is 2.23. The molecule has 0 spiro atoms. The Morgan fingerprint density at radius 2 is 1.71 bits per heavy atom. The number of piperazine rings is 1. The quantitative estimate of drug-likeness (QED) is 0.606. The van der Waals surface area contributed by atoms with Crippen LogP contribution in [0, 0.1) is 0 Å². The molecule has 0 radical (unpaired) electrons. The number of para-hydroxylation sites is 1. The predicted octanol–water partition coefficient (Wildman–Crippen LogP) is 1.72. The number of hydroxylamine groups is 2. The molecule has 8 heteroatoms. The molecule has 2 aromatic rings. The maximum atomic E-state index is 13.2. The first-order chi connectivity index (χ1) is 13.7. The van der Waals surface area contributed by atoms with E-state index < -0.39 is 0 Å². The number of rotatable bonds is 9. The Kier molecular flexibility index (Phi) is 7.41. The number of nitrogens with zero attached hydrogens (tertiary/aromatic N) is 4. The smallest absolute Gasteiger partial charge is 0.316 e. The van der Waals surface area contributed by atoms with Crippen molar-refractivity contribution >= 4 is 5.69 Å². The van der Waals surface area contributed by atoms with Gasteiger partial charge in [0.25, 0.3) is 0 Å². The van der Waals surface area contributed by atoms with Gasteiger partial charge in [0.05, 0.1) is 25.6 Å². The zero-order chi connectivity index (χ0) is 19.8. The Balaban J connectivity index is 1.85. The average molecular weight is 388 g/mol. The number of anilines is 1. The SMILES string of the molecule is COCCCCOc1c(N2CCN(OC)CC2)cnn(-c2ccccc2)c1=O. The van der Waals surface area contributed by atoms with E-state index in [1.54, 1.807) is 20.4 Å². The zero-order valence-corrected chi connectivity index (χ0v) is 16.5. The molecule has 28 heavy (non-hydrogen) atoms. The van der Waals surface area contributed by atoms with Crippen LogP contribution < -0.4 is 15.2 Å². The van der Waals surface area contributed by atoms with Crippen molar-refractivity contribution in [1.82, 2.24) is 14.8 Å². The van der Waals surface area contributed by atoms with Gasteiger partial charge in [0.1, 0.15) is 5.69 Å². The number of methoxy groups -OCH3 is 1. The van der Waals surface area contributed by atoms with Gasteiger partial charge < -0.3 is 19.2 Å². The van der Waals surface area contributed by atoms with Gasteiger partial charge in [-0.05, 0) is 25.0 Å². The Labute approximate surface area is 165 Å². The lowest BCUT2D eigenvalue weighted by molar-refractivity contribution is -0.133. The fourth-order valence-electron chi connectivity index (χ4n) is 3.18. The molecule has 1 fully saturated rings. The summed E-state index contributed by atoms with van der Waals surface area (Å²) >= 11 is 0. The summed E-state index contributed by atoms with van der Waals surface area (Å²) in [5, 5.41) is 6.30. The fourth-order valence-corrected chi connectivity index (χ4v) is 3.18. The first-order valence-electron chi connectivity index (χ1n) is 9.58. The van der Waals surface area contributed by atoms with E-state index in [0.717, 1.165) is 44.7 Å². The molecule has 2 heterocycles. The molecule has 0 N–H and O–H groups in total. The van der Waals surface area contributed by atoms with Crippen LogP contribution in [0.2, 0.25) is 0 Å². The van der Waals surface area contributed by atoms with E-state index in [1.807, 2.05) is 35.4 Å². The number of unbranched alkanes of at least 4 members (excludes halogenated alkanes) is 1. The minimum Gasteiger partial charge on any atom is -0.486 e. The molecule has 8 nitrogen and oxygen atoms in total. The van der Waals surface area contributed by atoms with Gasteiger partial charge in [-0.25, -0.2) is 0 Å². The zero-order valence-electron chi connectivity index (χ0n) is 16.5. The minimum absolute atomic E-state index is 0.246. The fraction of sp³-hybridized carbons (Fsp3) is 0.500. The van der Waals surface area contributed by atoms with Crippen LogP contribution in [0.15, 0.2) is 41.3 Å². The van der Waals surface area contributed by atoms with Crippen molar-refractivity contribution in [2.24, 2.45) is 0 Å². The maximum absolute atomic E-state index is 13.2. The molecule has 1 aromatic carbocycles. The van der Waals surface area contributed by atoms with Crippen LogP contribution in [0.4, 0.5) is 5.69 Å². The molecule has 1 aliphatic heterocycles. The Bertz CT molecular complexity index is 789. The number of benzene rings is 1. The van der Waals surface area contributed by atoms with Crippen molar-refractivity contribution in [3.8, 4) is 11.4 Å². The highest BCUT2D eigenvalue weighted by molar-refractivity contribution is 5.57. The second-order valence-corrected chi connectivity index (χ2v) is 6.56. The lowest BCUT2D eigenvalue weighted by Crippen LogP contribution is -2.46. The summed E-state index contributed by atoms with van der Waals surface area (Å²) in [5.41, 5.74) is 1.21. The Hall–Kier alpha value is -2.42. The number of ether oxygens (including phenoxy) is 2. The van der Waals surface area contributed by atoms with Crippen molar-refractivity contribution < 1.29 is 14.3 Å². The number of hydrogen-bond donors (Lipinski definition) is 0. The monoisotopic (exact) mass is 388 g/mol. The molecular formula is C20H28N4O4. The largest absolute Gasteiger partial charge is 0.486 e. The van der Waals surface area contributed by atoms with Crippen molar-refractivity contribution in [2.75, 3.05) is 58.5 Å². The highest BCUT2D eigenvalue weighted by Crippen LogP contribution is 2.25. The van der Waals surface area contributed by atoms with Crippen LogP contribution in [-0.2, 0) is 9.57 Å². The van der Waals surface area contributed by atoms with Crippen molar-refractivity contribution in [3.63, 3.8) is 0 Å². The Morgan fingerprint density at radius 1 is 1.00 bits per heavy atom. The van der Waals surface area contributed by atoms with Gasteiger partial charge >= 0.3 is 5.56 Å². The molecular weight excluding hydrogens is 360 g/mol. The minimum atomic E-state index is -0.246. The van der Waals surface area contributed by atoms with Crippen LogP contribution >= 0.6 is 0 Å². The molecule has 0 saturated carbocycles. The van der Waals surface area contributed by atoms with Gasteiger partial charge in [0, 0.05) is 39.9 Å². The summed E-state index contributed by atoms with van der Waals surface area (Å²) in [5.74, 6) is 0.349. The van der Waals surface area contributed by atoms with E-state index in [1.165, 1.54) is 4.68 Å². The van der Waals surface area contributed by atoms with Crippen molar-refractivity contribution in [2.45, 2.75) is 12.8 Å². The normalized spacial score (nSPS) is 15.0. The lowest BCUT2D eigenvalue weighted by atomic mass is 10.3. The van der Waals surface area contributed by atoms with Gasteiger partial charge in [-0.2, -0.15) is 14.8 Å². The molecule has 0 bridgehead atoms. The molecule has 1 saturated heterocycles. The summed E-state index contributed by atoms with van der Waals surface area (Å²) in [6, 6.07) is 9.38. The first-order valence-corrected chi connectivity index (χ1v) is 9.58. The molecule has 3 rings (SSSR count). The van der Waals surface area contributed by atoms with Crippen LogP contribution in [0.1, 0.15) is 12.8 Å². The van der Waals surface area contributed by atoms with Crippen molar-refractivity contribution in [1.29, 1.82) is 0 Å². The second kappa shape index (κ2) is 10.2. The van der Waals surface area contributed by atoms with Crippen LogP contribution in [-0.4, -0.2) is 68.5 Å². The Morgan fingerprint density at radius 3 is 2.39 bits per heavy atom. The molecule has 152 valence electrons. The van der Waals surface area contributed by atoms with E-state index >= 15 is 0 Å². The summed E-state index contributed by atoms with van der Waals surface area (Å²) in [7, 11) is 3.35. The van der Waals surface area contributed by atoms with Crippen LogP contribution in [0.25, 0.3) is 5.69 Å². The van der Waals surface area contributed by atoms with E-state index in [-0.39, 0.29) is 5.56 Å². The van der Waals surface area contributed by atoms with E-state index in [0.29, 0.717) is 24.7 Å².